The van der Waals surface area contributed by atoms with E-state index < -0.39 is 0 Å². The van der Waals surface area contributed by atoms with Gasteiger partial charge in [0, 0.05) is 18.2 Å². The first-order valence-electron chi connectivity index (χ1n) is 8.00. The summed E-state index contributed by atoms with van der Waals surface area (Å²) in [7, 11) is 3.47. The molecule has 0 spiro atoms. The SMILES string of the molecule is COc1ccc(-c2nnc(SC(C)C(=O)c3ccc(F)cc3)n2C)cc1. The van der Waals surface area contributed by atoms with Crippen LogP contribution in [0.3, 0.4) is 0 Å². The molecule has 0 amide bonds. The predicted octanol–water partition coefficient (Wildman–Crippen LogP) is 3.99. The van der Waals surface area contributed by atoms with E-state index >= 15 is 0 Å². The van der Waals surface area contributed by atoms with Gasteiger partial charge in [0.15, 0.2) is 16.8 Å². The van der Waals surface area contributed by atoms with Gasteiger partial charge in [-0.05, 0) is 55.5 Å². The number of halogens is 1. The molecule has 5 nitrogen and oxygen atoms in total. The molecule has 0 saturated carbocycles. The number of ketones is 1. The maximum atomic E-state index is 13.0. The third-order valence-electron chi connectivity index (χ3n) is 3.96. The molecule has 0 saturated heterocycles. The molecule has 1 unspecified atom stereocenters. The fraction of sp³-hybridized carbons (Fsp3) is 0.211. The molecule has 1 heterocycles. The number of rotatable bonds is 6. The molecule has 0 aliphatic heterocycles. The van der Waals surface area contributed by atoms with Gasteiger partial charge in [0.25, 0.3) is 0 Å². The molecule has 0 aliphatic carbocycles. The smallest absolute Gasteiger partial charge is 0.191 e. The number of ether oxygens (including phenoxy) is 1. The van der Waals surface area contributed by atoms with Crippen molar-refractivity contribution >= 4 is 17.5 Å². The van der Waals surface area contributed by atoms with Crippen molar-refractivity contribution in [2.24, 2.45) is 7.05 Å². The molecule has 3 aromatic rings. The number of carbonyl (C=O) groups excluding carboxylic acids is 1. The molecule has 2 aromatic carbocycles. The van der Waals surface area contributed by atoms with Crippen LogP contribution in [0.15, 0.2) is 53.7 Å². The molecule has 1 aromatic heterocycles. The second kappa shape index (κ2) is 7.70. The first-order chi connectivity index (χ1) is 12.5. The normalized spacial score (nSPS) is 12.0. The van der Waals surface area contributed by atoms with Crippen molar-refractivity contribution in [2.75, 3.05) is 7.11 Å². The highest BCUT2D eigenvalue weighted by atomic mass is 32.2. The van der Waals surface area contributed by atoms with Crippen LogP contribution < -0.4 is 4.74 Å². The highest BCUT2D eigenvalue weighted by Gasteiger charge is 2.20. The van der Waals surface area contributed by atoms with Crippen molar-refractivity contribution in [1.29, 1.82) is 0 Å². The molecule has 0 fully saturated rings. The Bertz CT molecular complexity index is 908. The van der Waals surface area contributed by atoms with E-state index in [1.807, 2.05) is 35.9 Å². The third kappa shape index (κ3) is 3.77. The molecule has 134 valence electrons. The zero-order chi connectivity index (χ0) is 18.7. The van der Waals surface area contributed by atoms with Gasteiger partial charge in [-0.3, -0.25) is 4.79 Å². The van der Waals surface area contributed by atoms with Crippen LogP contribution >= 0.6 is 11.8 Å². The van der Waals surface area contributed by atoms with Crippen molar-refractivity contribution in [3.05, 3.63) is 59.9 Å². The van der Waals surface area contributed by atoms with E-state index in [1.54, 1.807) is 14.0 Å². The lowest BCUT2D eigenvalue weighted by molar-refractivity contribution is 0.0994. The second-order valence-electron chi connectivity index (χ2n) is 5.72. The van der Waals surface area contributed by atoms with E-state index in [-0.39, 0.29) is 16.9 Å². The van der Waals surface area contributed by atoms with Gasteiger partial charge in [-0.15, -0.1) is 10.2 Å². The van der Waals surface area contributed by atoms with Gasteiger partial charge in [0.05, 0.1) is 12.4 Å². The van der Waals surface area contributed by atoms with E-state index in [0.717, 1.165) is 11.3 Å². The van der Waals surface area contributed by atoms with Crippen molar-refractivity contribution < 1.29 is 13.9 Å². The molecule has 3 rings (SSSR count). The van der Waals surface area contributed by atoms with E-state index in [4.69, 9.17) is 4.74 Å². The number of nitrogens with zero attached hydrogens (tertiary/aromatic N) is 3. The van der Waals surface area contributed by atoms with Crippen LogP contribution in [0.2, 0.25) is 0 Å². The fourth-order valence-corrected chi connectivity index (χ4v) is 3.36. The Morgan fingerprint density at radius 2 is 1.77 bits per heavy atom. The van der Waals surface area contributed by atoms with Gasteiger partial charge in [-0.2, -0.15) is 0 Å². The largest absolute Gasteiger partial charge is 0.497 e. The van der Waals surface area contributed by atoms with Gasteiger partial charge in [0.2, 0.25) is 0 Å². The fourth-order valence-electron chi connectivity index (χ4n) is 2.47. The van der Waals surface area contributed by atoms with E-state index in [2.05, 4.69) is 10.2 Å². The zero-order valence-corrected chi connectivity index (χ0v) is 15.5. The van der Waals surface area contributed by atoms with Gasteiger partial charge in [0.1, 0.15) is 11.6 Å². The number of hydrogen-bond donors (Lipinski definition) is 0. The van der Waals surface area contributed by atoms with Crippen LogP contribution in [0.1, 0.15) is 17.3 Å². The van der Waals surface area contributed by atoms with E-state index in [9.17, 15) is 9.18 Å². The van der Waals surface area contributed by atoms with Gasteiger partial charge < -0.3 is 9.30 Å². The maximum Gasteiger partial charge on any atom is 0.191 e. The van der Waals surface area contributed by atoms with Gasteiger partial charge in [-0.1, -0.05) is 11.8 Å². The van der Waals surface area contributed by atoms with Crippen LogP contribution in [-0.2, 0) is 7.05 Å². The summed E-state index contributed by atoms with van der Waals surface area (Å²) in [4.78, 5) is 12.5. The standard InChI is InChI=1S/C19H18FN3O2S/c1-12(17(24)13-4-8-15(20)9-5-13)26-19-22-21-18(23(19)2)14-6-10-16(25-3)11-7-14/h4-12H,1-3H3. The molecule has 7 heteroatoms. The Morgan fingerprint density at radius 3 is 2.38 bits per heavy atom. The first-order valence-corrected chi connectivity index (χ1v) is 8.88. The summed E-state index contributed by atoms with van der Waals surface area (Å²) in [6, 6.07) is 13.1. The van der Waals surface area contributed by atoms with Gasteiger partial charge in [-0.25, -0.2) is 4.39 Å². The first kappa shape index (κ1) is 18.1. The molecule has 0 aliphatic rings. The number of aromatic nitrogens is 3. The molecule has 0 radical (unpaired) electrons. The lowest BCUT2D eigenvalue weighted by Crippen LogP contribution is -2.14. The van der Waals surface area contributed by atoms with E-state index in [0.29, 0.717) is 16.5 Å². The number of Topliss-reactive ketones (excluding diaryl/α,β-unsaturated/α-hetero) is 1. The summed E-state index contributed by atoms with van der Waals surface area (Å²) in [6.07, 6.45) is 0. The maximum absolute atomic E-state index is 13.0. The molecule has 0 bridgehead atoms. The Hall–Kier alpha value is -2.67. The second-order valence-corrected chi connectivity index (χ2v) is 7.03. The van der Waals surface area contributed by atoms with Crippen molar-refractivity contribution in [3.63, 3.8) is 0 Å². The summed E-state index contributed by atoms with van der Waals surface area (Å²) >= 11 is 1.32. The quantitative estimate of drug-likeness (QED) is 0.484. The molecular weight excluding hydrogens is 353 g/mol. The minimum absolute atomic E-state index is 0.0796. The molecule has 1 atom stereocenters. The number of benzene rings is 2. The number of thioether (sulfide) groups is 1. The Labute approximate surface area is 155 Å². The number of carbonyl (C=O) groups is 1. The Balaban J connectivity index is 1.76. The van der Waals surface area contributed by atoms with Crippen molar-refractivity contribution in [1.82, 2.24) is 14.8 Å². The van der Waals surface area contributed by atoms with E-state index in [1.165, 1.54) is 36.0 Å². The minimum Gasteiger partial charge on any atom is -0.497 e. The van der Waals surface area contributed by atoms with Crippen LogP contribution in [0.5, 0.6) is 5.75 Å². The van der Waals surface area contributed by atoms with Gasteiger partial charge >= 0.3 is 0 Å². The average Bonchev–Trinajstić information content (AvgIpc) is 3.02. The summed E-state index contributed by atoms with van der Waals surface area (Å²) in [5.41, 5.74) is 1.38. The van der Waals surface area contributed by atoms with Crippen LogP contribution in [0, 0.1) is 5.82 Å². The Morgan fingerprint density at radius 1 is 1.12 bits per heavy atom. The summed E-state index contributed by atoms with van der Waals surface area (Å²) in [5.74, 6) is 1.03. The van der Waals surface area contributed by atoms with Crippen LogP contribution in [0.4, 0.5) is 4.39 Å². The molecule has 26 heavy (non-hydrogen) atoms. The average molecular weight is 371 g/mol. The number of hydrogen-bond acceptors (Lipinski definition) is 5. The summed E-state index contributed by atoms with van der Waals surface area (Å²) in [6.45, 7) is 1.80. The van der Waals surface area contributed by atoms with Crippen molar-refractivity contribution in [2.45, 2.75) is 17.3 Å². The number of methoxy groups -OCH3 is 1. The predicted molar refractivity (Wildman–Crippen MR) is 99.0 cm³/mol. The van der Waals surface area contributed by atoms with Crippen LogP contribution in [0.25, 0.3) is 11.4 Å². The third-order valence-corrected chi connectivity index (χ3v) is 5.10. The minimum atomic E-state index is -0.368. The monoisotopic (exact) mass is 371 g/mol. The highest BCUT2D eigenvalue weighted by Crippen LogP contribution is 2.28. The zero-order valence-electron chi connectivity index (χ0n) is 14.6. The van der Waals surface area contributed by atoms with Crippen molar-refractivity contribution in [3.8, 4) is 17.1 Å². The van der Waals surface area contributed by atoms with Crippen LogP contribution in [-0.4, -0.2) is 32.9 Å². The highest BCUT2D eigenvalue weighted by molar-refractivity contribution is 8.00. The summed E-state index contributed by atoms with van der Waals surface area (Å²) < 4.78 is 20.0. The molecular formula is C19H18FN3O2S. The molecule has 0 N–H and O–H groups in total. The Kier molecular flexibility index (Phi) is 5.37. The topological polar surface area (TPSA) is 57.0 Å². The summed E-state index contributed by atoms with van der Waals surface area (Å²) in [5, 5.41) is 8.70. The lowest BCUT2D eigenvalue weighted by atomic mass is 10.1. The lowest BCUT2D eigenvalue weighted by Gasteiger charge is -2.10.